The van der Waals surface area contributed by atoms with Gasteiger partial charge in [-0.05, 0) is 29.5 Å². The van der Waals surface area contributed by atoms with Gasteiger partial charge in [-0.25, -0.2) is 0 Å². The van der Waals surface area contributed by atoms with Crippen LogP contribution in [0.3, 0.4) is 0 Å². The lowest BCUT2D eigenvalue weighted by molar-refractivity contribution is -0.213. The predicted molar refractivity (Wildman–Crippen MR) is 62.6 cm³/mol. The molecule has 0 radical (unpaired) electrons. The van der Waals surface area contributed by atoms with Crippen molar-refractivity contribution < 1.29 is 9.47 Å². The quantitative estimate of drug-likeness (QED) is 0.732. The van der Waals surface area contributed by atoms with Gasteiger partial charge in [0.05, 0.1) is 11.6 Å². The first-order chi connectivity index (χ1) is 8.25. The molecule has 0 amide bonds. The highest BCUT2D eigenvalue weighted by Gasteiger charge is 2.55. The van der Waals surface area contributed by atoms with E-state index in [0.717, 1.165) is 24.0 Å². The van der Waals surface area contributed by atoms with Gasteiger partial charge in [0.2, 0.25) is 0 Å². The standard InChI is InChI=1S/C14H15NO2/c1-16-14(17-2)7-10-6-12(14)13-9(8-15)4-3-5-11(10)13/h3-5,10,12H,6-7H2,1-2H3/t10-,12+/m0/s1. The summed E-state index contributed by atoms with van der Waals surface area (Å²) in [5, 5.41) is 9.21. The van der Waals surface area contributed by atoms with Crippen LogP contribution in [-0.2, 0) is 9.47 Å². The second-order valence-electron chi connectivity index (χ2n) is 4.83. The van der Waals surface area contributed by atoms with Crippen molar-refractivity contribution in [2.75, 3.05) is 14.2 Å². The Labute approximate surface area is 101 Å². The SMILES string of the molecule is COC1(OC)C[C@@H]2C[C@@H]1c1c(C#N)cccc12. The molecule has 1 saturated carbocycles. The van der Waals surface area contributed by atoms with Crippen molar-refractivity contribution in [1.82, 2.24) is 0 Å². The largest absolute Gasteiger partial charge is 0.353 e. The van der Waals surface area contributed by atoms with Crippen molar-refractivity contribution in [3.8, 4) is 6.07 Å². The molecule has 1 aromatic rings. The van der Waals surface area contributed by atoms with Crippen LogP contribution < -0.4 is 0 Å². The number of nitriles is 1. The van der Waals surface area contributed by atoms with Crippen LogP contribution in [0.1, 0.15) is 41.4 Å². The van der Waals surface area contributed by atoms with Crippen molar-refractivity contribution in [2.24, 2.45) is 0 Å². The number of ether oxygens (including phenoxy) is 2. The van der Waals surface area contributed by atoms with Crippen LogP contribution in [-0.4, -0.2) is 20.0 Å². The lowest BCUT2D eigenvalue weighted by Gasteiger charge is -2.36. The molecule has 17 heavy (non-hydrogen) atoms. The van der Waals surface area contributed by atoms with E-state index >= 15 is 0 Å². The molecule has 0 aliphatic heterocycles. The fourth-order valence-corrected chi connectivity index (χ4v) is 3.57. The van der Waals surface area contributed by atoms with E-state index in [1.807, 2.05) is 12.1 Å². The van der Waals surface area contributed by atoms with Gasteiger partial charge in [-0.15, -0.1) is 0 Å². The Bertz CT molecular complexity index is 499. The molecule has 1 aromatic carbocycles. The second-order valence-corrected chi connectivity index (χ2v) is 4.83. The van der Waals surface area contributed by atoms with Crippen LogP contribution >= 0.6 is 0 Å². The van der Waals surface area contributed by atoms with Gasteiger partial charge in [0.15, 0.2) is 5.79 Å². The fraction of sp³-hybridized carbons (Fsp3) is 0.500. The van der Waals surface area contributed by atoms with Gasteiger partial charge < -0.3 is 9.47 Å². The van der Waals surface area contributed by atoms with E-state index in [0.29, 0.717) is 5.92 Å². The zero-order chi connectivity index (χ0) is 12.0. The van der Waals surface area contributed by atoms with Crippen molar-refractivity contribution >= 4 is 0 Å². The van der Waals surface area contributed by atoms with Gasteiger partial charge in [-0.2, -0.15) is 5.26 Å². The zero-order valence-electron chi connectivity index (χ0n) is 10.1. The summed E-state index contributed by atoms with van der Waals surface area (Å²) in [5.41, 5.74) is 3.24. The van der Waals surface area contributed by atoms with E-state index in [9.17, 15) is 5.26 Å². The summed E-state index contributed by atoms with van der Waals surface area (Å²) in [6, 6.07) is 8.28. The van der Waals surface area contributed by atoms with Crippen LogP contribution in [0.5, 0.6) is 0 Å². The van der Waals surface area contributed by atoms with Crippen LogP contribution in [0, 0.1) is 11.3 Å². The first kappa shape index (κ1) is 10.8. The van der Waals surface area contributed by atoms with Crippen molar-refractivity contribution in [3.05, 3.63) is 34.9 Å². The Morgan fingerprint density at radius 2 is 2.12 bits per heavy atom. The zero-order valence-corrected chi connectivity index (χ0v) is 10.1. The first-order valence-electron chi connectivity index (χ1n) is 5.89. The van der Waals surface area contributed by atoms with Gasteiger partial charge >= 0.3 is 0 Å². The highest BCUT2D eigenvalue weighted by atomic mass is 16.7. The third-order valence-corrected chi connectivity index (χ3v) is 4.32. The third-order valence-electron chi connectivity index (χ3n) is 4.32. The molecule has 3 nitrogen and oxygen atoms in total. The van der Waals surface area contributed by atoms with Crippen LogP contribution in [0.25, 0.3) is 0 Å². The molecule has 2 bridgehead atoms. The van der Waals surface area contributed by atoms with Crippen LogP contribution in [0.4, 0.5) is 0 Å². The van der Waals surface area contributed by atoms with E-state index in [1.165, 1.54) is 5.56 Å². The lowest BCUT2D eigenvalue weighted by atomic mass is 9.84. The topological polar surface area (TPSA) is 42.2 Å². The summed E-state index contributed by atoms with van der Waals surface area (Å²) in [4.78, 5) is 0. The summed E-state index contributed by atoms with van der Waals surface area (Å²) in [6.45, 7) is 0. The number of fused-ring (bicyclic) bond motifs is 5. The highest BCUT2D eigenvalue weighted by Crippen LogP contribution is 2.60. The third kappa shape index (κ3) is 1.23. The minimum atomic E-state index is -0.523. The Balaban J connectivity index is 2.16. The van der Waals surface area contributed by atoms with Gasteiger partial charge in [-0.1, -0.05) is 12.1 Å². The van der Waals surface area contributed by atoms with E-state index in [4.69, 9.17) is 9.47 Å². The van der Waals surface area contributed by atoms with E-state index in [1.54, 1.807) is 14.2 Å². The minimum Gasteiger partial charge on any atom is -0.353 e. The maximum absolute atomic E-state index is 9.21. The van der Waals surface area contributed by atoms with E-state index in [-0.39, 0.29) is 5.92 Å². The Hall–Kier alpha value is -1.37. The number of hydrogen-bond acceptors (Lipinski definition) is 3. The van der Waals surface area contributed by atoms with Gasteiger partial charge in [0.25, 0.3) is 0 Å². The first-order valence-corrected chi connectivity index (χ1v) is 5.89. The summed E-state index contributed by atoms with van der Waals surface area (Å²) >= 11 is 0. The molecule has 1 fully saturated rings. The Morgan fingerprint density at radius 1 is 1.35 bits per heavy atom. The molecule has 2 aliphatic carbocycles. The maximum Gasteiger partial charge on any atom is 0.175 e. The molecule has 0 heterocycles. The van der Waals surface area contributed by atoms with Gasteiger partial charge in [0, 0.05) is 26.6 Å². The number of methoxy groups -OCH3 is 2. The predicted octanol–water partition coefficient (Wildman–Crippen LogP) is 2.52. The molecule has 3 heteroatoms. The molecule has 2 atom stereocenters. The molecule has 2 aliphatic rings. The number of rotatable bonds is 2. The number of nitrogens with zero attached hydrogens (tertiary/aromatic N) is 1. The molecule has 0 aromatic heterocycles. The molecule has 0 N–H and O–H groups in total. The summed E-state index contributed by atoms with van der Waals surface area (Å²) in [7, 11) is 3.39. The molecule has 88 valence electrons. The average molecular weight is 229 g/mol. The number of benzene rings is 1. The summed E-state index contributed by atoms with van der Waals surface area (Å²) in [5.74, 6) is 0.154. The maximum atomic E-state index is 9.21. The molecule has 0 saturated heterocycles. The van der Waals surface area contributed by atoms with Gasteiger partial charge in [-0.3, -0.25) is 0 Å². The Kier molecular flexibility index (Phi) is 2.25. The summed E-state index contributed by atoms with van der Waals surface area (Å²) in [6.07, 6.45) is 1.93. The molecule has 3 rings (SSSR count). The van der Waals surface area contributed by atoms with E-state index in [2.05, 4.69) is 12.1 Å². The normalized spacial score (nSPS) is 27.8. The lowest BCUT2D eigenvalue weighted by Crippen LogP contribution is -2.38. The monoisotopic (exact) mass is 229 g/mol. The fourth-order valence-electron chi connectivity index (χ4n) is 3.57. The van der Waals surface area contributed by atoms with Crippen molar-refractivity contribution in [3.63, 3.8) is 0 Å². The average Bonchev–Trinajstić information content (AvgIpc) is 2.94. The number of hydrogen-bond donors (Lipinski definition) is 0. The minimum absolute atomic E-state index is 0.202. The second kappa shape index (κ2) is 3.56. The van der Waals surface area contributed by atoms with Crippen LogP contribution in [0.15, 0.2) is 18.2 Å². The smallest absolute Gasteiger partial charge is 0.175 e. The molecular weight excluding hydrogens is 214 g/mol. The molecule has 0 unspecified atom stereocenters. The van der Waals surface area contributed by atoms with Crippen LogP contribution in [0.2, 0.25) is 0 Å². The summed E-state index contributed by atoms with van der Waals surface area (Å²) < 4.78 is 11.2. The molecular formula is C14H15NO2. The molecule has 0 spiro atoms. The Morgan fingerprint density at radius 3 is 2.76 bits per heavy atom. The van der Waals surface area contributed by atoms with Gasteiger partial charge in [0.1, 0.15) is 0 Å². The van der Waals surface area contributed by atoms with Crippen molar-refractivity contribution in [1.29, 1.82) is 5.26 Å². The highest BCUT2D eigenvalue weighted by molar-refractivity contribution is 5.53. The van der Waals surface area contributed by atoms with E-state index < -0.39 is 5.79 Å². The van der Waals surface area contributed by atoms with Crippen molar-refractivity contribution in [2.45, 2.75) is 30.5 Å².